The zero-order chi connectivity index (χ0) is 17.2. The number of aryl methyl sites for hydroxylation is 2. The molecule has 1 aliphatic rings. The largest absolute Gasteiger partial charge is 0.308 e. The molecule has 0 saturated heterocycles. The van der Waals surface area contributed by atoms with Gasteiger partial charge in [-0.3, -0.25) is 4.79 Å². The van der Waals surface area contributed by atoms with Gasteiger partial charge in [-0.1, -0.05) is 31.2 Å². The molecule has 0 radical (unpaired) electrons. The van der Waals surface area contributed by atoms with Crippen molar-refractivity contribution in [1.29, 1.82) is 0 Å². The normalized spacial score (nSPS) is 13.6. The van der Waals surface area contributed by atoms with E-state index in [0.29, 0.717) is 5.56 Å². The molecule has 2 heterocycles. The Bertz CT molecular complexity index is 890. The van der Waals surface area contributed by atoms with Gasteiger partial charge in [-0.15, -0.1) is 5.10 Å². The number of benzene rings is 2. The fourth-order valence-corrected chi connectivity index (χ4v) is 3.44. The Balaban J connectivity index is 1.73. The average molecular weight is 333 g/mol. The minimum Gasteiger partial charge on any atom is -0.308 e. The summed E-state index contributed by atoms with van der Waals surface area (Å²) in [5.41, 5.74) is 5.00. The van der Waals surface area contributed by atoms with Gasteiger partial charge in [-0.25, -0.2) is 4.68 Å². The Morgan fingerprint density at radius 1 is 1.20 bits per heavy atom. The first-order valence-electron chi connectivity index (χ1n) is 8.54. The Hall–Kier alpha value is -3.02. The van der Waals surface area contributed by atoms with Crippen LogP contribution in [-0.4, -0.2) is 32.7 Å². The van der Waals surface area contributed by atoms with Gasteiger partial charge in [0.05, 0.1) is 11.4 Å². The molecule has 0 N–H and O–H groups in total. The highest BCUT2D eigenvalue weighted by molar-refractivity contribution is 6.07. The van der Waals surface area contributed by atoms with Gasteiger partial charge in [0.1, 0.15) is 6.33 Å². The second-order valence-corrected chi connectivity index (χ2v) is 6.14. The van der Waals surface area contributed by atoms with E-state index in [1.165, 1.54) is 17.5 Å². The van der Waals surface area contributed by atoms with E-state index in [0.717, 1.165) is 37.2 Å². The van der Waals surface area contributed by atoms with E-state index in [4.69, 9.17) is 0 Å². The molecule has 0 fully saturated rings. The molecule has 1 aliphatic heterocycles. The zero-order valence-electron chi connectivity index (χ0n) is 14.1. The molecule has 3 aromatic rings. The first kappa shape index (κ1) is 15.5. The van der Waals surface area contributed by atoms with Gasteiger partial charge in [-0.05, 0) is 59.0 Å². The maximum atomic E-state index is 13.2. The van der Waals surface area contributed by atoms with Gasteiger partial charge in [-0.2, -0.15) is 0 Å². The summed E-state index contributed by atoms with van der Waals surface area (Å²) < 4.78 is 1.55. The van der Waals surface area contributed by atoms with Crippen LogP contribution in [0.15, 0.2) is 48.8 Å². The van der Waals surface area contributed by atoms with Crippen LogP contribution in [0.25, 0.3) is 5.69 Å². The van der Waals surface area contributed by atoms with Crippen molar-refractivity contribution in [1.82, 2.24) is 20.2 Å². The number of nitrogens with zero attached hydrogens (tertiary/aromatic N) is 5. The van der Waals surface area contributed by atoms with Crippen molar-refractivity contribution in [2.24, 2.45) is 0 Å². The van der Waals surface area contributed by atoms with Crippen molar-refractivity contribution >= 4 is 11.6 Å². The fourth-order valence-electron chi connectivity index (χ4n) is 3.44. The third-order valence-electron chi connectivity index (χ3n) is 4.63. The summed E-state index contributed by atoms with van der Waals surface area (Å²) in [5.74, 6) is 0.0248. The van der Waals surface area contributed by atoms with Crippen LogP contribution in [0, 0.1) is 0 Å². The van der Waals surface area contributed by atoms with Crippen molar-refractivity contribution in [2.75, 3.05) is 11.4 Å². The molecule has 1 aromatic heterocycles. The quantitative estimate of drug-likeness (QED) is 0.739. The lowest BCUT2D eigenvalue weighted by Crippen LogP contribution is -2.36. The number of aromatic nitrogens is 4. The van der Waals surface area contributed by atoms with Crippen LogP contribution < -0.4 is 4.90 Å². The van der Waals surface area contributed by atoms with Gasteiger partial charge >= 0.3 is 0 Å². The predicted octanol–water partition coefficient (Wildman–Crippen LogP) is 2.82. The topological polar surface area (TPSA) is 63.9 Å². The molecule has 1 amide bonds. The summed E-state index contributed by atoms with van der Waals surface area (Å²) in [6.07, 6.45) is 4.45. The van der Waals surface area contributed by atoms with E-state index >= 15 is 0 Å². The lowest BCUT2D eigenvalue weighted by molar-refractivity contribution is 0.0985. The van der Waals surface area contributed by atoms with Crippen LogP contribution in [0.5, 0.6) is 0 Å². The van der Waals surface area contributed by atoms with E-state index in [9.17, 15) is 4.79 Å². The van der Waals surface area contributed by atoms with Crippen LogP contribution in [0.1, 0.15) is 34.8 Å². The van der Waals surface area contributed by atoms with Gasteiger partial charge in [0.2, 0.25) is 0 Å². The third-order valence-corrected chi connectivity index (χ3v) is 4.63. The summed E-state index contributed by atoms with van der Waals surface area (Å²) in [7, 11) is 0. The molecule has 0 saturated carbocycles. The number of para-hydroxylation sites is 1. The highest BCUT2D eigenvalue weighted by atomic mass is 16.2. The molecule has 126 valence electrons. The lowest BCUT2D eigenvalue weighted by atomic mass is 9.96. The minimum atomic E-state index is 0.0248. The summed E-state index contributed by atoms with van der Waals surface area (Å²) in [4.78, 5) is 15.1. The molecule has 0 atom stereocenters. The Morgan fingerprint density at radius 2 is 2.08 bits per heavy atom. The van der Waals surface area contributed by atoms with E-state index < -0.39 is 0 Å². The number of fused-ring (bicyclic) bond motifs is 1. The molecule has 4 rings (SSSR count). The van der Waals surface area contributed by atoms with Crippen LogP contribution in [0.3, 0.4) is 0 Å². The monoisotopic (exact) mass is 333 g/mol. The molecule has 6 heteroatoms. The highest BCUT2D eigenvalue weighted by Crippen LogP contribution is 2.32. The molecule has 25 heavy (non-hydrogen) atoms. The summed E-state index contributed by atoms with van der Waals surface area (Å²) in [5, 5.41) is 11.2. The zero-order valence-corrected chi connectivity index (χ0v) is 14.1. The SMILES string of the molecule is CCc1cccc2c1N(C(=O)c1cccc(-n3cnnn3)c1)CCC2. The van der Waals surface area contributed by atoms with Crippen LogP contribution >= 0.6 is 0 Å². The van der Waals surface area contributed by atoms with Crippen molar-refractivity contribution in [3.8, 4) is 5.69 Å². The number of hydrogen-bond donors (Lipinski definition) is 0. The minimum absolute atomic E-state index is 0.0248. The Labute approximate surface area is 146 Å². The number of hydrogen-bond acceptors (Lipinski definition) is 4. The smallest absolute Gasteiger partial charge is 0.258 e. The Kier molecular flexibility index (Phi) is 4.01. The maximum absolute atomic E-state index is 13.2. The van der Waals surface area contributed by atoms with Crippen molar-refractivity contribution in [2.45, 2.75) is 26.2 Å². The third kappa shape index (κ3) is 2.80. The van der Waals surface area contributed by atoms with Crippen LogP contribution in [-0.2, 0) is 12.8 Å². The molecular formula is C19H19N5O. The van der Waals surface area contributed by atoms with Crippen molar-refractivity contribution < 1.29 is 4.79 Å². The van der Waals surface area contributed by atoms with Gasteiger partial charge in [0.15, 0.2) is 0 Å². The predicted molar refractivity (Wildman–Crippen MR) is 95.0 cm³/mol. The van der Waals surface area contributed by atoms with Gasteiger partial charge in [0.25, 0.3) is 5.91 Å². The summed E-state index contributed by atoms with van der Waals surface area (Å²) in [6, 6.07) is 13.8. The first-order valence-corrected chi connectivity index (χ1v) is 8.54. The van der Waals surface area contributed by atoms with Crippen LogP contribution in [0.4, 0.5) is 5.69 Å². The second-order valence-electron chi connectivity index (χ2n) is 6.14. The number of rotatable bonds is 3. The molecule has 6 nitrogen and oxygen atoms in total. The molecule has 2 aromatic carbocycles. The van der Waals surface area contributed by atoms with Crippen LogP contribution in [0.2, 0.25) is 0 Å². The second kappa shape index (κ2) is 6.47. The summed E-state index contributed by atoms with van der Waals surface area (Å²) in [6.45, 7) is 2.88. The fraction of sp³-hybridized carbons (Fsp3) is 0.263. The number of amides is 1. The van der Waals surface area contributed by atoms with Crippen molar-refractivity contribution in [3.05, 3.63) is 65.5 Å². The molecule has 0 bridgehead atoms. The van der Waals surface area contributed by atoms with Crippen molar-refractivity contribution in [3.63, 3.8) is 0 Å². The summed E-state index contributed by atoms with van der Waals surface area (Å²) >= 11 is 0. The number of carbonyl (C=O) groups excluding carboxylic acids is 1. The van der Waals surface area contributed by atoms with Gasteiger partial charge < -0.3 is 4.90 Å². The van der Waals surface area contributed by atoms with E-state index in [1.807, 2.05) is 29.2 Å². The standard InChI is InChI=1S/C19H19N5O/c1-2-14-6-3-7-15-9-5-11-23(18(14)15)19(25)16-8-4-10-17(12-16)24-13-20-21-22-24/h3-4,6-8,10,12-13H,2,5,9,11H2,1H3. The Morgan fingerprint density at radius 3 is 2.88 bits per heavy atom. The molecular weight excluding hydrogens is 314 g/mol. The average Bonchev–Trinajstić information content (AvgIpc) is 3.21. The number of anilines is 1. The lowest BCUT2D eigenvalue weighted by Gasteiger charge is -2.31. The molecule has 0 aliphatic carbocycles. The van der Waals surface area contributed by atoms with E-state index in [-0.39, 0.29) is 5.91 Å². The first-order chi connectivity index (χ1) is 12.3. The molecule has 0 spiro atoms. The number of tetrazole rings is 1. The van der Waals surface area contributed by atoms with E-state index in [1.54, 1.807) is 4.68 Å². The van der Waals surface area contributed by atoms with Gasteiger partial charge in [0, 0.05) is 12.1 Å². The number of carbonyl (C=O) groups is 1. The van der Waals surface area contributed by atoms with E-state index in [2.05, 4.69) is 40.6 Å². The highest BCUT2D eigenvalue weighted by Gasteiger charge is 2.25. The maximum Gasteiger partial charge on any atom is 0.258 e. The molecule has 0 unspecified atom stereocenters.